The number of aliphatic carboxylic acids is 1. The first-order valence-electron chi connectivity index (χ1n) is 9.80. The molecule has 0 aromatic carbocycles. The molecule has 3 aliphatic rings. The first-order chi connectivity index (χ1) is 12.6. The largest absolute Gasteiger partial charge is 0.480 e. The molecule has 1 amide bonds. The van der Waals surface area contributed by atoms with Gasteiger partial charge in [0, 0.05) is 24.5 Å². The van der Waals surface area contributed by atoms with Gasteiger partial charge >= 0.3 is 5.97 Å². The molecule has 7 heteroatoms. The normalized spacial score (nSPS) is 26.0. The lowest BCUT2D eigenvalue weighted by Crippen LogP contribution is -2.55. The fourth-order valence-corrected chi connectivity index (χ4v) is 5.10. The van der Waals surface area contributed by atoms with Crippen molar-refractivity contribution in [3.63, 3.8) is 0 Å². The summed E-state index contributed by atoms with van der Waals surface area (Å²) in [4.78, 5) is 31.1. The Morgan fingerprint density at radius 1 is 1.23 bits per heavy atom. The average Bonchev–Trinajstić information content (AvgIpc) is 3.03. The Morgan fingerprint density at radius 3 is 2.62 bits per heavy atom. The molecule has 1 aromatic rings. The van der Waals surface area contributed by atoms with Crippen LogP contribution >= 0.6 is 11.3 Å². The van der Waals surface area contributed by atoms with Crippen molar-refractivity contribution in [3.8, 4) is 0 Å². The number of thiazole rings is 1. The molecule has 0 saturated heterocycles. The number of carbonyl (C=O) groups excluding carboxylic acids is 1. The van der Waals surface area contributed by atoms with Gasteiger partial charge in [0.1, 0.15) is 4.88 Å². The zero-order valence-corrected chi connectivity index (χ0v) is 15.8. The van der Waals surface area contributed by atoms with E-state index in [1.165, 1.54) is 37.0 Å². The predicted octanol–water partition coefficient (Wildman–Crippen LogP) is 2.86. The number of hydrogen-bond acceptors (Lipinski definition) is 5. The van der Waals surface area contributed by atoms with Crippen molar-refractivity contribution in [3.05, 3.63) is 16.1 Å². The molecule has 142 valence electrons. The van der Waals surface area contributed by atoms with Gasteiger partial charge in [0.25, 0.3) is 5.91 Å². The molecular formula is C19H27N3O3S. The van der Waals surface area contributed by atoms with E-state index >= 15 is 0 Å². The monoisotopic (exact) mass is 377 g/mol. The van der Waals surface area contributed by atoms with E-state index in [0.29, 0.717) is 11.8 Å². The van der Waals surface area contributed by atoms with Crippen LogP contribution in [0.3, 0.4) is 0 Å². The second-order valence-electron chi connectivity index (χ2n) is 8.11. The molecule has 0 bridgehead atoms. The van der Waals surface area contributed by atoms with Crippen LogP contribution in [0.5, 0.6) is 0 Å². The molecular weight excluding hydrogens is 350 g/mol. The summed E-state index contributed by atoms with van der Waals surface area (Å²) in [5.41, 5.74) is 2.78. The molecule has 3 fully saturated rings. The minimum absolute atomic E-state index is 0.00447. The molecule has 1 aromatic heterocycles. The lowest BCUT2D eigenvalue weighted by Gasteiger charge is -2.42. The third kappa shape index (κ3) is 4.09. The predicted molar refractivity (Wildman–Crippen MR) is 99.5 cm³/mol. The van der Waals surface area contributed by atoms with E-state index < -0.39 is 5.97 Å². The van der Waals surface area contributed by atoms with Gasteiger partial charge in [-0.1, -0.05) is 12.8 Å². The SMILES string of the molecule is O=C(O)CN(CC1CC1)C1CC(NC(=O)c2scnc2C2CCCC2)C1. The van der Waals surface area contributed by atoms with Gasteiger partial charge in [-0.05, 0) is 44.4 Å². The van der Waals surface area contributed by atoms with E-state index in [-0.39, 0.29) is 24.5 Å². The van der Waals surface area contributed by atoms with Crippen molar-refractivity contribution >= 4 is 23.2 Å². The van der Waals surface area contributed by atoms with Crippen molar-refractivity contribution in [2.45, 2.75) is 69.4 Å². The van der Waals surface area contributed by atoms with Gasteiger partial charge in [0.2, 0.25) is 0 Å². The molecule has 0 atom stereocenters. The Morgan fingerprint density at radius 2 is 1.96 bits per heavy atom. The van der Waals surface area contributed by atoms with Crippen molar-refractivity contribution in [1.82, 2.24) is 15.2 Å². The first kappa shape index (κ1) is 17.9. The van der Waals surface area contributed by atoms with E-state index in [9.17, 15) is 9.59 Å². The van der Waals surface area contributed by atoms with Crippen molar-refractivity contribution < 1.29 is 14.7 Å². The Bertz CT molecular complexity index is 661. The molecule has 0 unspecified atom stereocenters. The summed E-state index contributed by atoms with van der Waals surface area (Å²) in [6, 6.07) is 0.439. The van der Waals surface area contributed by atoms with Crippen LogP contribution in [0.2, 0.25) is 0 Å². The van der Waals surface area contributed by atoms with Gasteiger partial charge in [-0.3, -0.25) is 14.5 Å². The van der Waals surface area contributed by atoms with E-state index in [0.717, 1.165) is 42.8 Å². The highest BCUT2D eigenvalue weighted by Gasteiger charge is 2.38. The lowest BCUT2D eigenvalue weighted by molar-refractivity contribution is -0.139. The van der Waals surface area contributed by atoms with Gasteiger partial charge < -0.3 is 10.4 Å². The summed E-state index contributed by atoms with van der Waals surface area (Å²) < 4.78 is 0. The standard InChI is InChI=1S/C19H27N3O3S/c23-16(24)10-22(9-12-5-6-12)15-7-14(8-15)21-19(25)18-17(20-11-26-18)13-3-1-2-4-13/h11-15H,1-10H2,(H,21,25)(H,23,24). The zero-order valence-electron chi connectivity index (χ0n) is 15.0. The van der Waals surface area contributed by atoms with E-state index in [1.807, 2.05) is 0 Å². The van der Waals surface area contributed by atoms with Gasteiger partial charge in [-0.25, -0.2) is 4.98 Å². The topological polar surface area (TPSA) is 82.5 Å². The summed E-state index contributed by atoms with van der Waals surface area (Å²) >= 11 is 1.44. The molecule has 26 heavy (non-hydrogen) atoms. The van der Waals surface area contributed by atoms with Gasteiger partial charge in [0.15, 0.2) is 0 Å². The fraction of sp³-hybridized carbons (Fsp3) is 0.737. The Kier molecular flexibility index (Phi) is 5.27. The van der Waals surface area contributed by atoms with Crippen LogP contribution in [0.25, 0.3) is 0 Å². The fourth-order valence-electron chi connectivity index (χ4n) is 4.32. The van der Waals surface area contributed by atoms with Crippen LogP contribution in [-0.2, 0) is 4.79 Å². The molecule has 2 N–H and O–H groups in total. The summed E-state index contributed by atoms with van der Waals surface area (Å²) in [6.07, 6.45) is 8.88. The maximum atomic E-state index is 12.7. The molecule has 6 nitrogen and oxygen atoms in total. The number of rotatable bonds is 8. The number of nitrogens with zero attached hydrogens (tertiary/aromatic N) is 2. The Labute approximate surface area is 158 Å². The highest BCUT2D eigenvalue weighted by molar-refractivity contribution is 7.11. The van der Waals surface area contributed by atoms with E-state index in [1.54, 1.807) is 5.51 Å². The maximum absolute atomic E-state index is 12.7. The molecule has 4 rings (SSSR count). The van der Waals surface area contributed by atoms with Gasteiger partial charge in [-0.2, -0.15) is 0 Å². The Hall–Kier alpha value is -1.47. The number of carboxylic acid groups (broad SMARTS) is 1. The highest BCUT2D eigenvalue weighted by Crippen LogP contribution is 2.37. The number of hydrogen-bond donors (Lipinski definition) is 2. The number of carboxylic acids is 1. The van der Waals surface area contributed by atoms with E-state index in [2.05, 4.69) is 15.2 Å². The summed E-state index contributed by atoms with van der Waals surface area (Å²) in [5.74, 6) is 0.365. The highest BCUT2D eigenvalue weighted by atomic mass is 32.1. The van der Waals surface area contributed by atoms with Crippen molar-refractivity contribution in [1.29, 1.82) is 0 Å². The van der Waals surface area contributed by atoms with Crippen LogP contribution in [0.1, 0.15) is 72.7 Å². The third-order valence-corrected chi connectivity index (χ3v) is 6.88. The minimum atomic E-state index is -0.760. The second kappa shape index (κ2) is 7.64. The molecule has 3 saturated carbocycles. The van der Waals surface area contributed by atoms with Crippen LogP contribution in [-0.4, -0.2) is 52.0 Å². The van der Waals surface area contributed by atoms with Gasteiger partial charge in [-0.15, -0.1) is 11.3 Å². The number of amides is 1. The molecule has 3 aliphatic carbocycles. The van der Waals surface area contributed by atoms with Crippen LogP contribution in [0.15, 0.2) is 5.51 Å². The number of carbonyl (C=O) groups is 2. The number of aromatic nitrogens is 1. The van der Waals surface area contributed by atoms with Crippen LogP contribution in [0, 0.1) is 5.92 Å². The van der Waals surface area contributed by atoms with Crippen molar-refractivity contribution in [2.24, 2.45) is 5.92 Å². The third-order valence-electron chi connectivity index (χ3n) is 6.04. The smallest absolute Gasteiger partial charge is 0.317 e. The number of nitrogens with one attached hydrogen (secondary N) is 1. The molecule has 0 aliphatic heterocycles. The molecule has 0 radical (unpaired) electrons. The molecule has 1 heterocycles. The summed E-state index contributed by atoms with van der Waals surface area (Å²) in [5, 5.41) is 12.3. The minimum Gasteiger partial charge on any atom is -0.480 e. The van der Waals surface area contributed by atoms with Crippen molar-refractivity contribution in [2.75, 3.05) is 13.1 Å². The van der Waals surface area contributed by atoms with Gasteiger partial charge in [0.05, 0.1) is 17.7 Å². The summed E-state index contributed by atoms with van der Waals surface area (Å²) in [7, 11) is 0. The molecule has 0 spiro atoms. The Balaban J connectivity index is 1.30. The van der Waals surface area contributed by atoms with E-state index in [4.69, 9.17) is 5.11 Å². The zero-order chi connectivity index (χ0) is 18.1. The van der Waals surface area contributed by atoms with Crippen LogP contribution in [0.4, 0.5) is 0 Å². The first-order valence-corrected chi connectivity index (χ1v) is 10.7. The quantitative estimate of drug-likeness (QED) is 0.728. The maximum Gasteiger partial charge on any atom is 0.317 e. The summed E-state index contributed by atoms with van der Waals surface area (Å²) in [6.45, 7) is 1.00. The average molecular weight is 378 g/mol. The van der Waals surface area contributed by atoms with Crippen LogP contribution < -0.4 is 5.32 Å². The lowest BCUT2D eigenvalue weighted by atomic mass is 9.85. The second-order valence-corrected chi connectivity index (χ2v) is 8.97.